The maximum absolute atomic E-state index is 13.2. The molecule has 0 radical (unpaired) electrons. The molecule has 2 aromatic rings. The lowest BCUT2D eigenvalue weighted by Gasteiger charge is -2.27. The van der Waals surface area contributed by atoms with Gasteiger partial charge in [-0.1, -0.05) is 6.07 Å². The summed E-state index contributed by atoms with van der Waals surface area (Å²) < 4.78 is 5.77. The Morgan fingerprint density at radius 3 is 3.04 bits per heavy atom. The van der Waals surface area contributed by atoms with Gasteiger partial charge in [0.25, 0.3) is 0 Å². The number of carbonyl (C=O) groups excluding carboxylic acids is 1. The molecule has 0 bridgehead atoms. The number of hydrazine groups is 1. The molecule has 1 amide bonds. The minimum Gasteiger partial charge on any atom is -0.376 e. The minimum absolute atomic E-state index is 0.0517. The summed E-state index contributed by atoms with van der Waals surface area (Å²) in [5.41, 5.74) is 8.52. The van der Waals surface area contributed by atoms with Gasteiger partial charge in [-0.3, -0.25) is 9.78 Å². The minimum atomic E-state index is -0.248. The summed E-state index contributed by atoms with van der Waals surface area (Å²) in [5.74, 6) is 0.123. The predicted octanol–water partition coefficient (Wildman–Crippen LogP) is 2.26. The molecule has 2 N–H and O–H groups in total. The molecule has 0 aromatic carbocycles. The van der Waals surface area contributed by atoms with E-state index in [1.165, 1.54) is 5.56 Å². The summed E-state index contributed by atoms with van der Waals surface area (Å²) in [5, 5.41) is 4.16. The van der Waals surface area contributed by atoms with Crippen LogP contribution in [0.5, 0.6) is 0 Å². The lowest BCUT2D eigenvalue weighted by Crippen LogP contribution is -2.47. The molecule has 2 aromatic heterocycles. The molecule has 0 spiro atoms. The normalized spacial score (nSPS) is 25.5. The van der Waals surface area contributed by atoms with Gasteiger partial charge in [-0.05, 0) is 53.8 Å². The second kappa shape index (κ2) is 8.26. The van der Waals surface area contributed by atoms with Crippen molar-refractivity contribution >= 4 is 17.2 Å². The highest BCUT2D eigenvalue weighted by Gasteiger charge is 2.34. The number of ether oxygens (including phenoxy) is 1. The first-order chi connectivity index (χ1) is 12.8. The molecule has 0 aliphatic carbocycles. The van der Waals surface area contributed by atoms with Gasteiger partial charge < -0.3 is 9.64 Å². The van der Waals surface area contributed by atoms with Crippen LogP contribution in [-0.2, 0) is 16.1 Å². The third-order valence-electron chi connectivity index (χ3n) is 4.96. The fraction of sp³-hybridized carbons (Fsp3) is 0.474. The standard InChI is InChI=1S/C19H24N4O2S/c24-19(18-10-17(21-22-18)16-5-1-2-7-20-16)23(11-14-6-9-26-13-14)12-15-4-3-8-25-15/h1-2,5-7,9,13,15,17-18,21-22H,3-4,8,10-12H2. The van der Waals surface area contributed by atoms with Crippen LogP contribution in [0.1, 0.15) is 36.6 Å². The Bertz CT molecular complexity index is 704. The third-order valence-corrected chi connectivity index (χ3v) is 5.69. The van der Waals surface area contributed by atoms with Gasteiger partial charge in [0.15, 0.2) is 0 Å². The highest BCUT2D eigenvalue weighted by molar-refractivity contribution is 7.07. The zero-order valence-electron chi connectivity index (χ0n) is 14.6. The SMILES string of the molecule is O=C(C1CC(c2ccccn2)NN1)N(Cc1ccsc1)CC1CCCO1. The van der Waals surface area contributed by atoms with Gasteiger partial charge in [-0.15, -0.1) is 0 Å². The maximum Gasteiger partial charge on any atom is 0.241 e. The van der Waals surface area contributed by atoms with Crippen molar-refractivity contribution in [3.05, 3.63) is 52.5 Å². The van der Waals surface area contributed by atoms with Gasteiger partial charge in [0.05, 0.1) is 17.8 Å². The fourth-order valence-corrected chi connectivity index (χ4v) is 4.24. The number of nitrogens with one attached hydrogen (secondary N) is 2. The number of hydrogen-bond donors (Lipinski definition) is 2. The molecule has 2 saturated heterocycles. The van der Waals surface area contributed by atoms with E-state index in [0.717, 1.165) is 25.1 Å². The first-order valence-electron chi connectivity index (χ1n) is 9.13. The first kappa shape index (κ1) is 17.6. The Kier molecular flexibility index (Phi) is 5.59. The molecule has 6 nitrogen and oxygen atoms in total. The second-order valence-electron chi connectivity index (χ2n) is 6.87. The number of rotatable bonds is 6. The molecule has 138 valence electrons. The van der Waals surface area contributed by atoms with E-state index < -0.39 is 0 Å². The summed E-state index contributed by atoms with van der Waals surface area (Å²) in [4.78, 5) is 19.5. The second-order valence-corrected chi connectivity index (χ2v) is 7.65. The summed E-state index contributed by atoms with van der Waals surface area (Å²) in [6.07, 6.45) is 4.74. The van der Waals surface area contributed by atoms with Crippen LogP contribution in [0.15, 0.2) is 41.2 Å². The number of aromatic nitrogens is 1. The molecule has 26 heavy (non-hydrogen) atoms. The van der Waals surface area contributed by atoms with Crippen LogP contribution in [0.3, 0.4) is 0 Å². The van der Waals surface area contributed by atoms with E-state index in [4.69, 9.17) is 4.74 Å². The van der Waals surface area contributed by atoms with Gasteiger partial charge in [0.1, 0.15) is 6.04 Å². The predicted molar refractivity (Wildman–Crippen MR) is 100 cm³/mol. The van der Waals surface area contributed by atoms with Crippen molar-refractivity contribution in [2.24, 2.45) is 0 Å². The Balaban J connectivity index is 1.43. The van der Waals surface area contributed by atoms with E-state index in [2.05, 4.69) is 32.7 Å². The van der Waals surface area contributed by atoms with Crippen molar-refractivity contribution in [1.29, 1.82) is 0 Å². The van der Waals surface area contributed by atoms with Crippen molar-refractivity contribution in [2.45, 2.75) is 44.0 Å². The molecule has 2 fully saturated rings. The number of thiophene rings is 1. The van der Waals surface area contributed by atoms with E-state index in [9.17, 15) is 4.79 Å². The molecule has 7 heteroatoms. The summed E-state index contributed by atoms with van der Waals surface area (Å²) in [6.45, 7) is 2.09. The zero-order valence-corrected chi connectivity index (χ0v) is 15.5. The summed E-state index contributed by atoms with van der Waals surface area (Å²) in [6, 6.07) is 7.75. The quantitative estimate of drug-likeness (QED) is 0.814. The smallest absolute Gasteiger partial charge is 0.241 e. The van der Waals surface area contributed by atoms with Crippen LogP contribution in [0.2, 0.25) is 0 Å². The molecule has 2 aliphatic heterocycles. The lowest BCUT2D eigenvalue weighted by molar-refractivity contribution is -0.135. The highest BCUT2D eigenvalue weighted by Crippen LogP contribution is 2.23. The van der Waals surface area contributed by atoms with Crippen molar-refractivity contribution < 1.29 is 9.53 Å². The van der Waals surface area contributed by atoms with Crippen LogP contribution in [-0.4, -0.2) is 41.1 Å². The van der Waals surface area contributed by atoms with Gasteiger partial charge in [0, 0.05) is 25.9 Å². The van der Waals surface area contributed by atoms with Crippen LogP contribution in [0, 0.1) is 0 Å². The Morgan fingerprint density at radius 1 is 1.35 bits per heavy atom. The third kappa shape index (κ3) is 4.12. The van der Waals surface area contributed by atoms with E-state index in [-0.39, 0.29) is 24.1 Å². The van der Waals surface area contributed by atoms with Gasteiger partial charge >= 0.3 is 0 Å². The van der Waals surface area contributed by atoms with Gasteiger partial charge in [0.2, 0.25) is 5.91 Å². The maximum atomic E-state index is 13.2. The van der Waals surface area contributed by atoms with Crippen molar-refractivity contribution in [3.63, 3.8) is 0 Å². The number of hydrogen-bond acceptors (Lipinski definition) is 6. The van der Waals surface area contributed by atoms with E-state index in [0.29, 0.717) is 19.5 Å². The average Bonchev–Trinajstić information content (AvgIpc) is 3.44. The molecule has 4 rings (SSSR count). The van der Waals surface area contributed by atoms with E-state index in [1.54, 1.807) is 17.5 Å². The zero-order chi connectivity index (χ0) is 17.8. The molecule has 3 unspecified atom stereocenters. The number of carbonyl (C=O) groups is 1. The molecule has 2 aliphatic rings. The number of nitrogens with zero attached hydrogens (tertiary/aromatic N) is 2. The Hall–Kier alpha value is -1.80. The molecular formula is C19H24N4O2S. The topological polar surface area (TPSA) is 66.5 Å². The highest BCUT2D eigenvalue weighted by atomic mass is 32.1. The number of amides is 1. The van der Waals surface area contributed by atoms with Crippen LogP contribution in [0.4, 0.5) is 0 Å². The number of pyridine rings is 1. The van der Waals surface area contributed by atoms with E-state index in [1.807, 2.05) is 23.1 Å². The van der Waals surface area contributed by atoms with Gasteiger partial charge in [-0.25, -0.2) is 10.9 Å². The monoisotopic (exact) mass is 372 g/mol. The summed E-state index contributed by atoms with van der Waals surface area (Å²) in [7, 11) is 0. The Labute approximate surface area is 157 Å². The molecule has 3 atom stereocenters. The Morgan fingerprint density at radius 2 is 2.31 bits per heavy atom. The van der Waals surface area contributed by atoms with Crippen molar-refractivity contribution in [1.82, 2.24) is 20.7 Å². The van der Waals surface area contributed by atoms with Crippen molar-refractivity contribution in [3.8, 4) is 0 Å². The fourth-order valence-electron chi connectivity index (χ4n) is 3.58. The van der Waals surface area contributed by atoms with Crippen LogP contribution < -0.4 is 10.9 Å². The van der Waals surface area contributed by atoms with E-state index >= 15 is 0 Å². The first-order valence-corrected chi connectivity index (χ1v) is 10.1. The molecular weight excluding hydrogens is 348 g/mol. The van der Waals surface area contributed by atoms with Crippen LogP contribution in [0.25, 0.3) is 0 Å². The lowest BCUT2D eigenvalue weighted by atomic mass is 10.1. The van der Waals surface area contributed by atoms with Gasteiger partial charge in [-0.2, -0.15) is 11.3 Å². The van der Waals surface area contributed by atoms with Crippen LogP contribution >= 0.6 is 11.3 Å². The summed E-state index contributed by atoms with van der Waals surface area (Å²) >= 11 is 1.66. The largest absolute Gasteiger partial charge is 0.376 e. The molecule has 0 saturated carbocycles. The molecule has 4 heterocycles. The van der Waals surface area contributed by atoms with Crippen molar-refractivity contribution in [2.75, 3.05) is 13.2 Å². The average molecular weight is 372 g/mol.